The molecule has 1 aliphatic rings. The lowest BCUT2D eigenvalue weighted by Crippen LogP contribution is -2.40. The van der Waals surface area contributed by atoms with Gasteiger partial charge >= 0.3 is 0 Å². The molecule has 33 heavy (non-hydrogen) atoms. The van der Waals surface area contributed by atoms with Crippen molar-refractivity contribution < 1.29 is 4.79 Å². The minimum absolute atomic E-state index is 0.0640. The Kier molecular flexibility index (Phi) is 9.00. The summed E-state index contributed by atoms with van der Waals surface area (Å²) in [5.74, 6) is 0.755. The van der Waals surface area contributed by atoms with Gasteiger partial charge in [0.1, 0.15) is 12.3 Å². The maximum absolute atomic E-state index is 13.1. The van der Waals surface area contributed by atoms with Gasteiger partial charge in [0.05, 0.1) is 5.57 Å². The van der Waals surface area contributed by atoms with Crippen molar-refractivity contribution in [2.24, 2.45) is 10.1 Å². The smallest absolute Gasteiger partial charge is 0.244 e. The van der Waals surface area contributed by atoms with Gasteiger partial charge in [0.15, 0.2) is 5.84 Å². The third-order valence-corrected chi connectivity index (χ3v) is 6.61. The van der Waals surface area contributed by atoms with Crippen LogP contribution in [0.15, 0.2) is 86.5 Å². The van der Waals surface area contributed by atoms with Gasteiger partial charge in [0.2, 0.25) is 5.91 Å². The van der Waals surface area contributed by atoms with Crippen molar-refractivity contribution >= 4 is 45.6 Å². The molecule has 0 spiro atoms. The van der Waals surface area contributed by atoms with E-state index in [2.05, 4.69) is 48.0 Å². The van der Waals surface area contributed by atoms with Crippen LogP contribution in [-0.2, 0) is 4.79 Å². The number of aliphatic imine (C=N–C) groups is 1. The van der Waals surface area contributed by atoms with Gasteiger partial charge in [0, 0.05) is 29.3 Å². The fourth-order valence-electron chi connectivity index (χ4n) is 3.84. The van der Waals surface area contributed by atoms with Crippen molar-refractivity contribution in [3.05, 3.63) is 87.5 Å². The Morgan fingerprint density at radius 3 is 2.15 bits per heavy atom. The van der Waals surface area contributed by atoms with E-state index in [1.54, 1.807) is 12.1 Å². The van der Waals surface area contributed by atoms with Crippen molar-refractivity contribution in [3.8, 4) is 0 Å². The van der Waals surface area contributed by atoms with Gasteiger partial charge in [0.25, 0.3) is 0 Å². The summed E-state index contributed by atoms with van der Waals surface area (Å²) < 4.78 is 0.968. The predicted molar refractivity (Wildman–Crippen MR) is 147 cm³/mol. The van der Waals surface area contributed by atoms with Crippen LogP contribution in [0.3, 0.4) is 0 Å². The highest BCUT2D eigenvalue weighted by molar-refractivity contribution is 14.1. The standard InChI is InChI=1S/C27H31IN4O/c1-5-17-31(18-6-2)23(33)19-32-27(29-4)24(26(30-32)22-15-11-8-12-16-22)25(28)20(3)21-13-9-7-10-14-21/h7-16H,3,5-6,17-19H2,1-2,4H3/b25-24+,29-27?. The second-order valence-electron chi connectivity index (χ2n) is 7.83. The molecule has 1 amide bonds. The summed E-state index contributed by atoms with van der Waals surface area (Å²) in [6.45, 7) is 10.2. The first-order chi connectivity index (χ1) is 16.0. The minimum Gasteiger partial charge on any atom is -0.341 e. The van der Waals surface area contributed by atoms with E-state index in [9.17, 15) is 4.79 Å². The van der Waals surface area contributed by atoms with Crippen LogP contribution in [0.1, 0.15) is 37.8 Å². The summed E-state index contributed by atoms with van der Waals surface area (Å²) >= 11 is 2.33. The average Bonchev–Trinajstić information content (AvgIpc) is 3.22. The van der Waals surface area contributed by atoms with Crippen molar-refractivity contribution in [1.29, 1.82) is 0 Å². The average molecular weight is 554 g/mol. The van der Waals surface area contributed by atoms with Gasteiger partial charge in [-0.25, -0.2) is 5.01 Å². The number of allylic oxidation sites excluding steroid dienone is 2. The van der Waals surface area contributed by atoms with E-state index < -0.39 is 0 Å². The second kappa shape index (κ2) is 11.9. The molecule has 3 rings (SSSR count). The Hall–Kier alpha value is -2.74. The summed E-state index contributed by atoms with van der Waals surface area (Å²) in [5, 5.41) is 6.64. The Labute approximate surface area is 210 Å². The van der Waals surface area contributed by atoms with Crippen molar-refractivity contribution in [2.75, 3.05) is 26.7 Å². The molecule has 2 aromatic rings. The van der Waals surface area contributed by atoms with Gasteiger partial charge in [-0.05, 0) is 46.6 Å². The Balaban J connectivity index is 2.04. The first kappa shape index (κ1) is 24.9. The largest absolute Gasteiger partial charge is 0.341 e. The number of carbonyl (C=O) groups is 1. The minimum atomic E-state index is 0.0640. The SMILES string of the molecule is C=C(/C(I)=C1/C(c2ccccc2)=NN(CC(=O)N(CCC)CCC)C1=NC)c1ccccc1. The number of benzene rings is 2. The number of amidine groups is 1. The quantitative estimate of drug-likeness (QED) is 0.369. The Morgan fingerprint density at radius 2 is 1.61 bits per heavy atom. The summed E-state index contributed by atoms with van der Waals surface area (Å²) in [7, 11) is 1.75. The van der Waals surface area contributed by atoms with Gasteiger partial charge in [-0.1, -0.05) is 81.1 Å². The van der Waals surface area contributed by atoms with Crippen LogP contribution in [0.25, 0.3) is 5.57 Å². The highest BCUT2D eigenvalue weighted by atomic mass is 127. The van der Waals surface area contributed by atoms with Crippen LogP contribution >= 0.6 is 22.6 Å². The van der Waals surface area contributed by atoms with Crippen LogP contribution in [0.2, 0.25) is 0 Å². The number of hydrogen-bond acceptors (Lipinski definition) is 3. The normalized spacial score (nSPS) is 16.1. The third-order valence-electron chi connectivity index (χ3n) is 5.42. The van der Waals surface area contributed by atoms with Crippen LogP contribution in [0.4, 0.5) is 0 Å². The highest BCUT2D eigenvalue weighted by Gasteiger charge is 2.33. The molecule has 1 heterocycles. The number of hydrazone groups is 1. The number of hydrogen-bond donors (Lipinski definition) is 0. The van der Waals surface area contributed by atoms with Crippen LogP contribution in [0.5, 0.6) is 0 Å². The van der Waals surface area contributed by atoms with Crippen molar-refractivity contribution in [2.45, 2.75) is 26.7 Å². The maximum atomic E-state index is 13.1. The third kappa shape index (κ3) is 5.79. The number of nitrogens with zero attached hydrogens (tertiary/aromatic N) is 4. The fourth-order valence-corrected chi connectivity index (χ4v) is 4.64. The molecule has 0 saturated carbocycles. The molecule has 5 nitrogen and oxygen atoms in total. The summed E-state index contributed by atoms with van der Waals surface area (Å²) in [5.41, 5.74) is 4.65. The van der Waals surface area contributed by atoms with E-state index in [4.69, 9.17) is 5.10 Å². The molecule has 0 aliphatic carbocycles. The van der Waals surface area contributed by atoms with Crippen molar-refractivity contribution in [1.82, 2.24) is 9.91 Å². The zero-order valence-electron chi connectivity index (χ0n) is 19.6. The number of rotatable bonds is 9. The van der Waals surface area contributed by atoms with Crippen LogP contribution in [-0.4, -0.2) is 54.0 Å². The van der Waals surface area contributed by atoms with E-state index in [0.717, 1.165) is 57.5 Å². The van der Waals surface area contributed by atoms with Gasteiger partial charge in [-0.2, -0.15) is 5.10 Å². The molecule has 0 radical (unpaired) electrons. The Morgan fingerprint density at radius 1 is 1.03 bits per heavy atom. The topological polar surface area (TPSA) is 48.3 Å². The van der Waals surface area contributed by atoms with Crippen molar-refractivity contribution in [3.63, 3.8) is 0 Å². The summed E-state index contributed by atoms with van der Waals surface area (Å²) in [4.78, 5) is 19.6. The molecule has 0 saturated heterocycles. The number of amides is 1. The van der Waals surface area contributed by atoms with E-state index in [1.165, 1.54) is 0 Å². The number of carbonyl (C=O) groups excluding carboxylic acids is 1. The molecule has 2 aromatic carbocycles. The highest BCUT2D eigenvalue weighted by Crippen LogP contribution is 2.35. The van der Waals surface area contributed by atoms with Gasteiger partial charge in [-0.15, -0.1) is 0 Å². The van der Waals surface area contributed by atoms with E-state index in [-0.39, 0.29) is 12.5 Å². The second-order valence-corrected chi connectivity index (χ2v) is 8.91. The fraction of sp³-hybridized carbons (Fsp3) is 0.296. The zero-order valence-corrected chi connectivity index (χ0v) is 21.7. The molecule has 0 unspecified atom stereocenters. The molecule has 0 fully saturated rings. The number of halogens is 1. The molecular formula is C27H31IN4O. The molecule has 6 heteroatoms. The van der Waals surface area contributed by atoms with Crippen LogP contribution in [0, 0.1) is 0 Å². The molecule has 172 valence electrons. The molecule has 0 N–H and O–H groups in total. The monoisotopic (exact) mass is 554 g/mol. The lowest BCUT2D eigenvalue weighted by Gasteiger charge is -2.24. The predicted octanol–water partition coefficient (Wildman–Crippen LogP) is 5.79. The molecule has 0 atom stereocenters. The van der Waals surface area contributed by atoms with E-state index in [1.807, 2.05) is 65.6 Å². The van der Waals surface area contributed by atoms with Gasteiger partial charge < -0.3 is 4.90 Å². The summed E-state index contributed by atoms with van der Waals surface area (Å²) in [6, 6.07) is 20.1. The molecule has 0 aromatic heterocycles. The van der Waals surface area contributed by atoms with E-state index in [0.29, 0.717) is 5.84 Å². The van der Waals surface area contributed by atoms with Gasteiger partial charge in [-0.3, -0.25) is 9.79 Å². The molecule has 0 bridgehead atoms. The Bertz CT molecular complexity index is 1070. The summed E-state index contributed by atoms with van der Waals surface area (Å²) in [6.07, 6.45) is 1.86. The lowest BCUT2D eigenvalue weighted by molar-refractivity contribution is -0.131. The van der Waals surface area contributed by atoms with E-state index >= 15 is 0 Å². The zero-order chi connectivity index (χ0) is 23.8. The lowest BCUT2D eigenvalue weighted by atomic mass is 9.98. The molecular weight excluding hydrogens is 523 g/mol. The maximum Gasteiger partial charge on any atom is 0.244 e. The molecule has 1 aliphatic heterocycles. The van der Waals surface area contributed by atoms with Crippen LogP contribution < -0.4 is 0 Å². The first-order valence-corrected chi connectivity index (χ1v) is 12.4. The first-order valence-electron chi connectivity index (χ1n) is 11.3.